The Morgan fingerprint density at radius 2 is 1.89 bits per heavy atom. The van der Waals surface area contributed by atoms with Crippen molar-refractivity contribution in [3.05, 3.63) is 35.9 Å². The lowest BCUT2D eigenvalue weighted by Crippen LogP contribution is -2.49. The van der Waals surface area contributed by atoms with Gasteiger partial charge in [-0.05, 0) is 19.4 Å². The molecular formula is C13H17NO4. The number of aliphatic carboxylic acids is 1. The van der Waals surface area contributed by atoms with Gasteiger partial charge in [0.1, 0.15) is 5.92 Å². The van der Waals surface area contributed by atoms with Crippen LogP contribution >= 0.6 is 0 Å². The molecule has 0 spiro atoms. The van der Waals surface area contributed by atoms with Crippen LogP contribution in [0.4, 0.5) is 0 Å². The second-order valence-electron chi connectivity index (χ2n) is 4.41. The van der Waals surface area contributed by atoms with Crippen LogP contribution in [0.1, 0.15) is 19.4 Å². The summed E-state index contributed by atoms with van der Waals surface area (Å²) < 4.78 is 0. The van der Waals surface area contributed by atoms with Crippen LogP contribution in [0.5, 0.6) is 0 Å². The highest BCUT2D eigenvalue weighted by Gasteiger charge is 2.31. The van der Waals surface area contributed by atoms with Gasteiger partial charge in [-0.15, -0.1) is 0 Å². The van der Waals surface area contributed by atoms with E-state index in [1.807, 2.05) is 6.07 Å². The molecule has 1 aromatic carbocycles. The third-order valence-electron chi connectivity index (χ3n) is 2.89. The fraction of sp³-hybridized carbons (Fsp3) is 0.385. The number of carbonyl (C=O) groups excluding carboxylic acids is 1. The van der Waals surface area contributed by atoms with E-state index < -0.39 is 23.3 Å². The fourth-order valence-electron chi connectivity index (χ4n) is 1.50. The minimum atomic E-state index is -1.19. The predicted molar refractivity (Wildman–Crippen MR) is 65.8 cm³/mol. The summed E-state index contributed by atoms with van der Waals surface area (Å²) in [6.07, 6.45) is 0. The third-order valence-corrected chi connectivity index (χ3v) is 2.89. The first-order valence-electron chi connectivity index (χ1n) is 5.62. The van der Waals surface area contributed by atoms with E-state index in [0.717, 1.165) is 5.56 Å². The van der Waals surface area contributed by atoms with E-state index in [0.29, 0.717) is 0 Å². The molecule has 0 heterocycles. The number of carboxylic acids is 1. The first-order chi connectivity index (χ1) is 8.40. The van der Waals surface area contributed by atoms with Crippen LogP contribution in [0.15, 0.2) is 30.3 Å². The summed E-state index contributed by atoms with van der Waals surface area (Å²) in [7, 11) is 0. The molecule has 3 N–H and O–H groups in total. The van der Waals surface area contributed by atoms with Crippen molar-refractivity contribution in [2.24, 2.45) is 5.92 Å². The minimum absolute atomic E-state index is 0.310. The standard InChI is InChI=1S/C13H17NO4/c1-9(12(17)18)11(16)14-13(2,8-15)10-6-4-3-5-7-10/h3-7,9,15H,8H2,1-2H3,(H,14,16)(H,17,18). The average molecular weight is 251 g/mol. The lowest BCUT2D eigenvalue weighted by atomic mass is 9.92. The Balaban J connectivity index is 2.91. The molecule has 98 valence electrons. The van der Waals surface area contributed by atoms with E-state index in [1.54, 1.807) is 31.2 Å². The third kappa shape index (κ3) is 3.07. The summed E-state index contributed by atoms with van der Waals surface area (Å²) >= 11 is 0. The highest BCUT2D eigenvalue weighted by Crippen LogP contribution is 2.20. The maximum Gasteiger partial charge on any atom is 0.315 e. The Morgan fingerprint density at radius 1 is 1.33 bits per heavy atom. The van der Waals surface area contributed by atoms with Crippen molar-refractivity contribution in [2.75, 3.05) is 6.61 Å². The van der Waals surface area contributed by atoms with E-state index in [4.69, 9.17) is 5.11 Å². The van der Waals surface area contributed by atoms with Gasteiger partial charge in [0.15, 0.2) is 0 Å². The van der Waals surface area contributed by atoms with Gasteiger partial charge in [0.25, 0.3) is 0 Å². The molecule has 1 amide bonds. The van der Waals surface area contributed by atoms with Crippen molar-refractivity contribution in [1.82, 2.24) is 5.32 Å². The zero-order valence-corrected chi connectivity index (χ0v) is 10.4. The molecule has 1 rings (SSSR count). The number of hydrogen-bond acceptors (Lipinski definition) is 3. The first-order valence-corrected chi connectivity index (χ1v) is 5.62. The fourth-order valence-corrected chi connectivity index (χ4v) is 1.50. The van der Waals surface area contributed by atoms with Crippen LogP contribution in [0.3, 0.4) is 0 Å². The van der Waals surface area contributed by atoms with Gasteiger partial charge in [-0.1, -0.05) is 30.3 Å². The number of carboxylic acid groups (broad SMARTS) is 1. The van der Waals surface area contributed by atoms with E-state index in [-0.39, 0.29) is 6.61 Å². The molecule has 1 aromatic rings. The van der Waals surface area contributed by atoms with Crippen molar-refractivity contribution < 1.29 is 19.8 Å². The molecule has 18 heavy (non-hydrogen) atoms. The van der Waals surface area contributed by atoms with Crippen LogP contribution in [-0.4, -0.2) is 28.7 Å². The van der Waals surface area contributed by atoms with Crippen molar-refractivity contribution in [3.63, 3.8) is 0 Å². The quantitative estimate of drug-likeness (QED) is 0.673. The topological polar surface area (TPSA) is 86.6 Å². The first kappa shape index (κ1) is 14.2. The maximum atomic E-state index is 11.7. The molecule has 0 bridgehead atoms. The molecule has 0 aromatic heterocycles. The molecule has 0 saturated heterocycles. The molecule has 0 aliphatic carbocycles. The molecule has 0 saturated carbocycles. The normalized spacial score (nSPS) is 15.5. The molecule has 0 aliphatic heterocycles. The summed E-state index contributed by atoms with van der Waals surface area (Å²) in [6, 6.07) is 8.93. The van der Waals surface area contributed by atoms with E-state index in [1.165, 1.54) is 6.92 Å². The van der Waals surface area contributed by atoms with Gasteiger partial charge in [-0.2, -0.15) is 0 Å². The van der Waals surface area contributed by atoms with Gasteiger partial charge < -0.3 is 15.5 Å². The second kappa shape index (κ2) is 5.64. The van der Waals surface area contributed by atoms with Crippen LogP contribution < -0.4 is 5.32 Å². The number of hydrogen-bond donors (Lipinski definition) is 3. The molecule has 0 fully saturated rings. The zero-order chi connectivity index (χ0) is 13.8. The predicted octanol–water partition coefficient (Wildman–Crippen LogP) is 0.731. The molecule has 5 heteroatoms. The molecule has 0 aliphatic rings. The summed E-state index contributed by atoms with van der Waals surface area (Å²) in [5.74, 6) is -2.97. The number of amides is 1. The van der Waals surface area contributed by atoms with E-state index in [2.05, 4.69) is 5.32 Å². The number of aliphatic hydroxyl groups is 1. The Bertz CT molecular complexity index is 432. The van der Waals surface area contributed by atoms with Crippen molar-refractivity contribution in [1.29, 1.82) is 0 Å². The molecule has 0 radical (unpaired) electrons. The Hall–Kier alpha value is -1.88. The molecule has 2 atom stereocenters. The summed E-state index contributed by atoms with van der Waals surface area (Å²) in [6.45, 7) is 2.64. The Morgan fingerprint density at radius 3 is 2.33 bits per heavy atom. The van der Waals surface area contributed by atoms with Gasteiger partial charge in [-0.25, -0.2) is 0 Å². The van der Waals surface area contributed by atoms with E-state index in [9.17, 15) is 14.7 Å². The summed E-state index contributed by atoms with van der Waals surface area (Å²) in [5.41, 5.74) is -0.263. The van der Waals surface area contributed by atoms with Gasteiger partial charge >= 0.3 is 5.97 Å². The van der Waals surface area contributed by atoms with Crippen LogP contribution in [0, 0.1) is 5.92 Å². The lowest BCUT2D eigenvalue weighted by molar-refractivity contribution is -0.146. The lowest BCUT2D eigenvalue weighted by Gasteiger charge is -2.30. The van der Waals surface area contributed by atoms with Gasteiger partial charge in [0, 0.05) is 0 Å². The number of aliphatic hydroxyl groups excluding tert-OH is 1. The SMILES string of the molecule is CC(C(=O)O)C(=O)NC(C)(CO)c1ccccc1. The van der Waals surface area contributed by atoms with Crippen LogP contribution in [-0.2, 0) is 15.1 Å². The minimum Gasteiger partial charge on any atom is -0.481 e. The number of rotatable bonds is 5. The maximum absolute atomic E-state index is 11.7. The second-order valence-corrected chi connectivity index (χ2v) is 4.41. The van der Waals surface area contributed by atoms with Gasteiger partial charge in [0.2, 0.25) is 5.91 Å². The largest absolute Gasteiger partial charge is 0.481 e. The monoisotopic (exact) mass is 251 g/mol. The zero-order valence-electron chi connectivity index (χ0n) is 10.4. The van der Waals surface area contributed by atoms with E-state index >= 15 is 0 Å². The highest BCUT2D eigenvalue weighted by atomic mass is 16.4. The smallest absolute Gasteiger partial charge is 0.315 e. The number of carbonyl (C=O) groups is 2. The molecule has 5 nitrogen and oxygen atoms in total. The molecular weight excluding hydrogens is 234 g/mol. The Kier molecular flexibility index (Phi) is 4.44. The average Bonchev–Trinajstić information content (AvgIpc) is 2.38. The van der Waals surface area contributed by atoms with Gasteiger partial charge in [-0.3, -0.25) is 9.59 Å². The van der Waals surface area contributed by atoms with Crippen LogP contribution in [0.25, 0.3) is 0 Å². The van der Waals surface area contributed by atoms with Gasteiger partial charge in [0.05, 0.1) is 12.1 Å². The summed E-state index contributed by atoms with van der Waals surface area (Å²) in [5, 5.41) is 20.8. The van der Waals surface area contributed by atoms with Crippen LogP contribution in [0.2, 0.25) is 0 Å². The number of benzene rings is 1. The highest BCUT2D eigenvalue weighted by molar-refractivity contribution is 5.96. The van der Waals surface area contributed by atoms with Crippen molar-refractivity contribution in [3.8, 4) is 0 Å². The number of nitrogens with one attached hydrogen (secondary N) is 1. The Labute approximate surface area is 105 Å². The summed E-state index contributed by atoms with van der Waals surface area (Å²) in [4.78, 5) is 22.5. The molecule has 2 unspecified atom stereocenters. The van der Waals surface area contributed by atoms with Crippen molar-refractivity contribution >= 4 is 11.9 Å². The van der Waals surface area contributed by atoms with Crippen molar-refractivity contribution in [2.45, 2.75) is 19.4 Å².